The highest BCUT2D eigenvalue weighted by Gasteiger charge is 2.33. The number of nitrogens with one attached hydrogen (secondary N) is 1. The maximum Gasteiger partial charge on any atom is 0.309 e. The Morgan fingerprint density at radius 1 is 1.00 bits per heavy atom. The summed E-state index contributed by atoms with van der Waals surface area (Å²) < 4.78 is 5.22. The van der Waals surface area contributed by atoms with Crippen LogP contribution in [0.5, 0.6) is 0 Å². The van der Waals surface area contributed by atoms with E-state index in [1.165, 1.54) is 12.8 Å². The molecule has 2 heterocycles. The van der Waals surface area contributed by atoms with Crippen molar-refractivity contribution in [1.29, 1.82) is 0 Å². The molecule has 1 N–H and O–H groups in total. The number of carbonyl (C=O) groups is 3. The maximum atomic E-state index is 12.3. The van der Waals surface area contributed by atoms with Crippen LogP contribution < -0.4 is 10.2 Å². The summed E-state index contributed by atoms with van der Waals surface area (Å²) in [5.74, 6) is -0.874. The normalized spacial score (nSPS) is 17.7. The number of benzene rings is 1. The minimum Gasteiger partial charge on any atom is -0.455 e. The van der Waals surface area contributed by atoms with Crippen molar-refractivity contribution in [3.05, 3.63) is 24.3 Å². The lowest BCUT2D eigenvalue weighted by atomic mass is 9.91. The second-order valence-electron chi connectivity index (χ2n) is 9.21. The minimum atomic E-state index is -0.419. The van der Waals surface area contributed by atoms with Gasteiger partial charge in [0.15, 0.2) is 6.61 Å². The van der Waals surface area contributed by atoms with Gasteiger partial charge in [0.2, 0.25) is 5.91 Å². The highest BCUT2D eigenvalue weighted by atomic mass is 16.5. The van der Waals surface area contributed by atoms with E-state index in [1.54, 1.807) is 0 Å². The highest BCUT2D eigenvalue weighted by Crippen LogP contribution is 2.25. The summed E-state index contributed by atoms with van der Waals surface area (Å²) in [5, 5.41) is 2.77. The number of amides is 2. The fourth-order valence-corrected chi connectivity index (χ4v) is 3.98. The first-order chi connectivity index (χ1) is 14.2. The molecular formula is C23H33N3O4. The average molecular weight is 416 g/mol. The van der Waals surface area contributed by atoms with Gasteiger partial charge in [0, 0.05) is 43.0 Å². The van der Waals surface area contributed by atoms with Crippen LogP contribution in [0.3, 0.4) is 0 Å². The van der Waals surface area contributed by atoms with Gasteiger partial charge in [0.1, 0.15) is 0 Å². The zero-order chi connectivity index (χ0) is 21.7. The Morgan fingerprint density at radius 3 is 2.17 bits per heavy atom. The number of hydrogen-bond acceptors (Lipinski definition) is 5. The number of piperidine rings is 1. The minimum absolute atomic E-state index is 0.101. The van der Waals surface area contributed by atoms with Gasteiger partial charge < -0.3 is 19.9 Å². The lowest BCUT2D eigenvalue weighted by Crippen LogP contribution is -2.45. The van der Waals surface area contributed by atoms with Gasteiger partial charge >= 0.3 is 5.97 Å². The molecule has 0 atom stereocenters. The Labute approximate surface area is 178 Å². The van der Waals surface area contributed by atoms with E-state index in [2.05, 4.69) is 10.2 Å². The number of hydrogen-bond donors (Lipinski definition) is 1. The number of esters is 1. The lowest BCUT2D eigenvalue weighted by Gasteiger charge is -2.34. The Kier molecular flexibility index (Phi) is 7.00. The Morgan fingerprint density at radius 2 is 1.60 bits per heavy atom. The van der Waals surface area contributed by atoms with Gasteiger partial charge in [-0.3, -0.25) is 14.4 Å². The van der Waals surface area contributed by atoms with Gasteiger partial charge in [0.05, 0.1) is 5.92 Å². The topological polar surface area (TPSA) is 78.9 Å². The summed E-state index contributed by atoms with van der Waals surface area (Å²) in [4.78, 5) is 40.9. The zero-order valence-electron chi connectivity index (χ0n) is 18.3. The molecule has 30 heavy (non-hydrogen) atoms. The molecule has 1 aromatic rings. The predicted molar refractivity (Wildman–Crippen MR) is 116 cm³/mol. The molecule has 0 saturated carbocycles. The molecule has 2 saturated heterocycles. The SMILES string of the molecule is CC(C)(C)C(=O)N1CCC(C(=O)OCC(=O)Nc2ccc(N3CCCC3)cc2)CC1. The van der Waals surface area contributed by atoms with E-state index in [4.69, 9.17) is 4.74 Å². The van der Waals surface area contributed by atoms with Crippen LogP contribution in [-0.2, 0) is 19.1 Å². The number of nitrogens with zero attached hydrogens (tertiary/aromatic N) is 2. The molecule has 0 aliphatic carbocycles. The molecule has 7 nitrogen and oxygen atoms in total. The predicted octanol–water partition coefficient (Wildman–Crippen LogP) is 3.05. The summed E-state index contributed by atoms with van der Waals surface area (Å²) in [6.45, 7) is 8.64. The fourth-order valence-electron chi connectivity index (χ4n) is 3.98. The number of anilines is 2. The first-order valence-corrected chi connectivity index (χ1v) is 10.8. The number of carbonyl (C=O) groups excluding carboxylic acids is 3. The molecule has 0 bridgehead atoms. The van der Waals surface area contributed by atoms with Crippen molar-refractivity contribution in [2.45, 2.75) is 46.5 Å². The fraction of sp³-hybridized carbons (Fsp3) is 0.609. The molecule has 2 amide bonds. The number of ether oxygens (including phenoxy) is 1. The van der Waals surface area contributed by atoms with E-state index in [-0.39, 0.29) is 30.3 Å². The Bertz CT molecular complexity index is 756. The van der Waals surface area contributed by atoms with Crippen LogP contribution in [0.2, 0.25) is 0 Å². The molecule has 0 spiro atoms. The van der Waals surface area contributed by atoms with Crippen molar-refractivity contribution in [1.82, 2.24) is 4.90 Å². The van der Waals surface area contributed by atoms with Gasteiger partial charge in [-0.05, 0) is 49.9 Å². The van der Waals surface area contributed by atoms with E-state index < -0.39 is 5.41 Å². The van der Waals surface area contributed by atoms with Crippen LogP contribution in [0.15, 0.2) is 24.3 Å². The van der Waals surface area contributed by atoms with E-state index in [0.29, 0.717) is 31.6 Å². The van der Waals surface area contributed by atoms with Crippen molar-refractivity contribution in [2.24, 2.45) is 11.3 Å². The Hall–Kier alpha value is -2.57. The molecule has 2 aliphatic heterocycles. The van der Waals surface area contributed by atoms with Gasteiger partial charge in [0.25, 0.3) is 5.91 Å². The summed E-state index contributed by atoms with van der Waals surface area (Å²) in [6.07, 6.45) is 3.58. The van der Waals surface area contributed by atoms with Gasteiger partial charge in [-0.2, -0.15) is 0 Å². The number of rotatable bonds is 5. The summed E-state index contributed by atoms with van der Waals surface area (Å²) >= 11 is 0. The van der Waals surface area contributed by atoms with Crippen molar-refractivity contribution >= 4 is 29.2 Å². The molecule has 0 radical (unpaired) electrons. The first kappa shape index (κ1) is 22.1. The van der Waals surface area contributed by atoms with Crippen molar-refractivity contribution in [2.75, 3.05) is 43.0 Å². The largest absolute Gasteiger partial charge is 0.455 e. The van der Waals surface area contributed by atoms with Crippen LogP contribution in [0.25, 0.3) is 0 Å². The zero-order valence-corrected chi connectivity index (χ0v) is 18.3. The smallest absolute Gasteiger partial charge is 0.309 e. The molecule has 3 rings (SSSR count). The average Bonchev–Trinajstić information content (AvgIpc) is 3.26. The third kappa shape index (κ3) is 5.74. The lowest BCUT2D eigenvalue weighted by molar-refractivity contribution is -0.155. The maximum absolute atomic E-state index is 12.3. The van der Waals surface area contributed by atoms with Gasteiger partial charge in [-0.15, -0.1) is 0 Å². The van der Waals surface area contributed by atoms with Crippen LogP contribution in [0.1, 0.15) is 46.5 Å². The number of likely N-dealkylation sites (tertiary alicyclic amines) is 1. The molecule has 0 unspecified atom stereocenters. The van der Waals surface area contributed by atoms with Gasteiger partial charge in [-0.25, -0.2) is 0 Å². The molecule has 2 aliphatic rings. The summed E-state index contributed by atoms with van der Waals surface area (Å²) in [6, 6.07) is 7.74. The van der Waals surface area contributed by atoms with E-state index in [1.807, 2.05) is 49.9 Å². The van der Waals surface area contributed by atoms with E-state index in [9.17, 15) is 14.4 Å². The van der Waals surface area contributed by atoms with E-state index >= 15 is 0 Å². The quantitative estimate of drug-likeness (QED) is 0.748. The molecular weight excluding hydrogens is 382 g/mol. The third-order valence-corrected chi connectivity index (χ3v) is 5.72. The standard InChI is InChI=1S/C23H33N3O4/c1-23(2,3)22(29)26-14-10-17(11-15-26)21(28)30-16-20(27)24-18-6-8-19(9-7-18)25-12-4-5-13-25/h6-9,17H,4-5,10-16H2,1-3H3,(H,24,27). The molecule has 1 aromatic carbocycles. The van der Waals surface area contributed by atoms with Crippen molar-refractivity contribution in [3.8, 4) is 0 Å². The summed E-state index contributed by atoms with van der Waals surface area (Å²) in [7, 11) is 0. The van der Waals surface area contributed by atoms with Crippen molar-refractivity contribution < 1.29 is 19.1 Å². The third-order valence-electron chi connectivity index (χ3n) is 5.72. The second-order valence-corrected chi connectivity index (χ2v) is 9.21. The summed E-state index contributed by atoms with van der Waals surface area (Å²) in [5.41, 5.74) is 1.43. The molecule has 0 aromatic heterocycles. The monoisotopic (exact) mass is 415 g/mol. The second kappa shape index (κ2) is 9.49. The van der Waals surface area contributed by atoms with Gasteiger partial charge in [-0.1, -0.05) is 20.8 Å². The molecule has 164 valence electrons. The Balaban J connectivity index is 1.39. The van der Waals surface area contributed by atoms with E-state index in [0.717, 1.165) is 18.8 Å². The van der Waals surface area contributed by atoms with Crippen LogP contribution in [-0.4, -0.2) is 55.5 Å². The van der Waals surface area contributed by atoms with Crippen LogP contribution in [0, 0.1) is 11.3 Å². The van der Waals surface area contributed by atoms with Crippen LogP contribution in [0.4, 0.5) is 11.4 Å². The van der Waals surface area contributed by atoms with Crippen LogP contribution >= 0.6 is 0 Å². The molecule has 7 heteroatoms. The van der Waals surface area contributed by atoms with Crippen molar-refractivity contribution in [3.63, 3.8) is 0 Å². The first-order valence-electron chi connectivity index (χ1n) is 10.8. The molecule has 2 fully saturated rings. The highest BCUT2D eigenvalue weighted by molar-refractivity contribution is 5.93.